The van der Waals surface area contributed by atoms with E-state index in [0.29, 0.717) is 19.5 Å². The second-order valence-corrected chi connectivity index (χ2v) is 3.65. The zero-order chi connectivity index (χ0) is 11.4. The largest absolute Gasteiger partial charge is 0.480 e. The summed E-state index contributed by atoms with van der Waals surface area (Å²) >= 11 is 0. The Morgan fingerprint density at radius 3 is 3.00 bits per heavy atom. The van der Waals surface area contributed by atoms with Crippen LogP contribution in [0.5, 0.6) is 0 Å². The Balaban J connectivity index is 2.58. The van der Waals surface area contributed by atoms with Gasteiger partial charge in [0, 0.05) is 19.6 Å². The van der Waals surface area contributed by atoms with Crippen LogP contribution in [0, 0.1) is 0 Å². The Morgan fingerprint density at radius 2 is 2.47 bits per heavy atom. The molecule has 1 aliphatic rings. The van der Waals surface area contributed by atoms with E-state index in [9.17, 15) is 9.59 Å². The van der Waals surface area contributed by atoms with Crippen LogP contribution in [0.1, 0.15) is 13.3 Å². The molecule has 0 aliphatic carbocycles. The van der Waals surface area contributed by atoms with E-state index in [-0.39, 0.29) is 18.5 Å². The van der Waals surface area contributed by atoms with Gasteiger partial charge in [0.15, 0.2) is 0 Å². The number of rotatable bonds is 4. The zero-order valence-corrected chi connectivity index (χ0v) is 8.77. The Hall–Kier alpha value is -1.14. The monoisotopic (exact) mass is 215 g/mol. The van der Waals surface area contributed by atoms with Crippen LogP contribution in [0.15, 0.2) is 0 Å². The normalized spacial score (nSPS) is 24.7. The summed E-state index contributed by atoms with van der Waals surface area (Å²) in [6.07, 6.45) is 0.665. The number of nitrogens with zero attached hydrogens (tertiary/aromatic N) is 1. The third-order valence-corrected chi connectivity index (χ3v) is 2.58. The van der Waals surface area contributed by atoms with Crippen molar-refractivity contribution in [3.8, 4) is 0 Å². The fraction of sp³-hybridized carbons (Fsp3) is 0.778. The second-order valence-electron chi connectivity index (χ2n) is 3.65. The van der Waals surface area contributed by atoms with Crippen LogP contribution in [-0.4, -0.2) is 53.6 Å². The molecule has 86 valence electrons. The van der Waals surface area contributed by atoms with Gasteiger partial charge in [-0.05, 0) is 6.42 Å². The summed E-state index contributed by atoms with van der Waals surface area (Å²) < 4.78 is 0. The molecule has 1 aliphatic heterocycles. The molecular formula is C9H17N3O3. The number of amides is 1. The maximum atomic E-state index is 11.4. The van der Waals surface area contributed by atoms with Gasteiger partial charge in [-0.3, -0.25) is 14.5 Å². The molecule has 0 aromatic heterocycles. The molecule has 1 heterocycles. The maximum absolute atomic E-state index is 11.4. The predicted molar refractivity (Wildman–Crippen MR) is 54.3 cm³/mol. The van der Waals surface area contributed by atoms with Gasteiger partial charge in [0.05, 0.1) is 6.04 Å². The first-order chi connectivity index (χ1) is 7.06. The lowest BCUT2D eigenvalue weighted by molar-refractivity contribution is -0.140. The quantitative estimate of drug-likeness (QED) is 0.536. The molecule has 0 bridgehead atoms. The number of carbonyl (C=O) groups excluding carboxylic acids is 1. The van der Waals surface area contributed by atoms with Crippen LogP contribution in [-0.2, 0) is 9.59 Å². The summed E-state index contributed by atoms with van der Waals surface area (Å²) in [5.41, 5.74) is 5.44. The first-order valence-corrected chi connectivity index (χ1v) is 5.06. The molecule has 1 fully saturated rings. The summed E-state index contributed by atoms with van der Waals surface area (Å²) in [7, 11) is 0. The molecule has 2 unspecified atom stereocenters. The standard InChI is InChI=1S/C9H17N3O3/c1-2-7-8(13)11-3-4-12(7)5-6(10)9(14)15/h6-7H,2-5,10H2,1H3,(H,11,13)(H,14,15). The lowest BCUT2D eigenvalue weighted by Gasteiger charge is -2.35. The summed E-state index contributed by atoms with van der Waals surface area (Å²) in [6, 6.07) is -1.17. The Morgan fingerprint density at radius 1 is 1.80 bits per heavy atom. The average Bonchev–Trinajstić information content (AvgIpc) is 2.18. The Bertz CT molecular complexity index is 257. The van der Waals surface area contributed by atoms with Crippen molar-refractivity contribution in [2.75, 3.05) is 19.6 Å². The van der Waals surface area contributed by atoms with Crippen LogP contribution >= 0.6 is 0 Å². The molecule has 1 rings (SSSR count). The number of aliphatic carboxylic acids is 1. The number of hydrogen-bond acceptors (Lipinski definition) is 4. The maximum Gasteiger partial charge on any atom is 0.321 e. The van der Waals surface area contributed by atoms with Crippen molar-refractivity contribution < 1.29 is 14.7 Å². The van der Waals surface area contributed by atoms with Gasteiger partial charge < -0.3 is 16.2 Å². The minimum Gasteiger partial charge on any atom is -0.480 e. The van der Waals surface area contributed by atoms with E-state index in [0.717, 1.165) is 0 Å². The number of hydrogen-bond donors (Lipinski definition) is 3. The summed E-state index contributed by atoms with van der Waals surface area (Å²) in [5, 5.41) is 11.4. The van der Waals surface area contributed by atoms with E-state index in [4.69, 9.17) is 10.8 Å². The van der Waals surface area contributed by atoms with Gasteiger partial charge in [-0.2, -0.15) is 0 Å². The molecule has 0 spiro atoms. The predicted octanol–water partition coefficient (Wildman–Crippen LogP) is -1.39. The fourth-order valence-electron chi connectivity index (χ4n) is 1.76. The van der Waals surface area contributed by atoms with Gasteiger partial charge in [0.25, 0.3) is 0 Å². The van der Waals surface area contributed by atoms with E-state index in [2.05, 4.69) is 5.32 Å². The number of nitrogens with two attached hydrogens (primary N) is 1. The average molecular weight is 215 g/mol. The fourth-order valence-corrected chi connectivity index (χ4v) is 1.76. The van der Waals surface area contributed by atoms with Crippen LogP contribution in [0.4, 0.5) is 0 Å². The van der Waals surface area contributed by atoms with Crippen molar-refractivity contribution >= 4 is 11.9 Å². The van der Waals surface area contributed by atoms with Crippen LogP contribution < -0.4 is 11.1 Å². The van der Waals surface area contributed by atoms with Gasteiger partial charge in [-0.25, -0.2) is 0 Å². The van der Waals surface area contributed by atoms with Gasteiger partial charge in [-0.1, -0.05) is 6.92 Å². The molecule has 0 aromatic carbocycles. The zero-order valence-electron chi connectivity index (χ0n) is 8.77. The molecule has 0 aromatic rings. The van der Waals surface area contributed by atoms with Crippen molar-refractivity contribution in [1.82, 2.24) is 10.2 Å². The number of carbonyl (C=O) groups is 2. The Kier molecular flexibility index (Phi) is 4.05. The SMILES string of the molecule is CCC1C(=O)NCCN1CC(N)C(=O)O. The van der Waals surface area contributed by atoms with E-state index in [1.165, 1.54) is 0 Å². The first kappa shape index (κ1) is 11.9. The van der Waals surface area contributed by atoms with Gasteiger partial charge >= 0.3 is 5.97 Å². The van der Waals surface area contributed by atoms with Crippen LogP contribution in [0.3, 0.4) is 0 Å². The topological polar surface area (TPSA) is 95.7 Å². The molecule has 4 N–H and O–H groups in total. The van der Waals surface area contributed by atoms with Crippen LogP contribution in [0.2, 0.25) is 0 Å². The highest BCUT2D eigenvalue weighted by Crippen LogP contribution is 2.08. The van der Waals surface area contributed by atoms with Crippen molar-refractivity contribution in [2.45, 2.75) is 25.4 Å². The summed E-state index contributed by atoms with van der Waals surface area (Å²) in [6.45, 7) is 3.34. The number of carboxylic acid groups (broad SMARTS) is 1. The van der Waals surface area contributed by atoms with E-state index in [1.807, 2.05) is 11.8 Å². The lowest BCUT2D eigenvalue weighted by Crippen LogP contribution is -2.58. The second kappa shape index (κ2) is 5.09. The molecule has 2 atom stereocenters. The molecular weight excluding hydrogens is 198 g/mol. The number of piperazine rings is 1. The van der Waals surface area contributed by atoms with E-state index < -0.39 is 12.0 Å². The van der Waals surface area contributed by atoms with Crippen LogP contribution in [0.25, 0.3) is 0 Å². The highest BCUT2D eigenvalue weighted by atomic mass is 16.4. The van der Waals surface area contributed by atoms with Crippen molar-refractivity contribution in [3.63, 3.8) is 0 Å². The first-order valence-electron chi connectivity index (χ1n) is 5.06. The highest BCUT2D eigenvalue weighted by molar-refractivity contribution is 5.82. The smallest absolute Gasteiger partial charge is 0.321 e. The van der Waals surface area contributed by atoms with E-state index in [1.54, 1.807) is 0 Å². The van der Waals surface area contributed by atoms with Gasteiger partial charge in [0.1, 0.15) is 6.04 Å². The third-order valence-electron chi connectivity index (χ3n) is 2.58. The Labute approximate surface area is 88.4 Å². The third kappa shape index (κ3) is 2.90. The lowest BCUT2D eigenvalue weighted by atomic mass is 10.1. The summed E-state index contributed by atoms with van der Waals surface area (Å²) in [5.74, 6) is -1.07. The molecule has 6 heteroatoms. The number of nitrogens with one attached hydrogen (secondary N) is 1. The number of carboxylic acids is 1. The highest BCUT2D eigenvalue weighted by Gasteiger charge is 2.30. The van der Waals surface area contributed by atoms with Crippen molar-refractivity contribution in [1.29, 1.82) is 0 Å². The molecule has 15 heavy (non-hydrogen) atoms. The molecule has 0 radical (unpaired) electrons. The molecule has 6 nitrogen and oxygen atoms in total. The van der Waals surface area contributed by atoms with E-state index >= 15 is 0 Å². The minimum atomic E-state index is -1.03. The minimum absolute atomic E-state index is 0.0404. The van der Waals surface area contributed by atoms with Gasteiger partial charge in [0.2, 0.25) is 5.91 Å². The molecule has 1 saturated heterocycles. The van der Waals surface area contributed by atoms with Crippen molar-refractivity contribution in [2.24, 2.45) is 5.73 Å². The summed E-state index contributed by atoms with van der Waals surface area (Å²) in [4.78, 5) is 23.9. The molecule has 1 amide bonds. The molecule has 0 saturated carbocycles. The van der Waals surface area contributed by atoms with Crippen molar-refractivity contribution in [3.05, 3.63) is 0 Å². The van der Waals surface area contributed by atoms with Gasteiger partial charge in [-0.15, -0.1) is 0 Å².